The van der Waals surface area contributed by atoms with Crippen LogP contribution in [0.2, 0.25) is 0 Å². The molecule has 2 atom stereocenters. The SMILES string of the molecule is CN(C)CCC(N)CC1CCOc2ccccc21. The molecule has 0 saturated carbocycles. The van der Waals surface area contributed by atoms with E-state index in [0.29, 0.717) is 5.92 Å². The number of nitrogens with two attached hydrogens (primary N) is 1. The molecule has 0 aromatic heterocycles. The molecule has 0 aliphatic carbocycles. The van der Waals surface area contributed by atoms with Crippen molar-refractivity contribution in [2.75, 3.05) is 27.2 Å². The van der Waals surface area contributed by atoms with Gasteiger partial charge in [0.1, 0.15) is 5.75 Å². The van der Waals surface area contributed by atoms with E-state index >= 15 is 0 Å². The predicted octanol–water partition coefficient (Wildman–Crippen LogP) is 2.22. The van der Waals surface area contributed by atoms with Crippen LogP contribution in [0.5, 0.6) is 5.75 Å². The van der Waals surface area contributed by atoms with Gasteiger partial charge in [0.05, 0.1) is 6.61 Å². The minimum Gasteiger partial charge on any atom is -0.493 e. The van der Waals surface area contributed by atoms with Gasteiger partial charge in [-0.2, -0.15) is 0 Å². The van der Waals surface area contributed by atoms with Gasteiger partial charge in [-0.3, -0.25) is 0 Å². The Morgan fingerprint density at radius 2 is 2.17 bits per heavy atom. The third kappa shape index (κ3) is 3.47. The summed E-state index contributed by atoms with van der Waals surface area (Å²) in [6.45, 7) is 1.88. The lowest BCUT2D eigenvalue weighted by atomic mass is 9.87. The van der Waals surface area contributed by atoms with Gasteiger partial charge in [0.15, 0.2) is 0 Å². The highest BCUT2D eigenvalue weighted by Gasteiger charge is 2.22. The first-order valence-corrected chi connectivity index (χ1v) is 6.79. The molecule has 3 heteroatoms. The molecule has 0 bridgehead atoms. The number of nitrogens with zero attached hydrogens (tertiary/aromatic N) is 1. The number of ether oxygens (including phenoxy) is 1. The summed E-state index contributed by atoms with van der Waals surface area (Å²) in [5.74, 6) is 1.61. The fourth-order valence-electron chi connectivity index (χ4n) is 2.57. The van der Waals surface area contributed by atoms with Crippen molar-refractivity contribution >= 4 is 0 Å². The van der Waals surface area contributed by atoms with Gasteiger partial charge in [0.25, 0.3) is 0 Å². The van der Waals surface area contributed by atoms with Crippen LogP contribution in [-0.4, -0.2) is 38.2 Å². The van der Waals surface area contributed by atoms with Crippen LogP contribution < -0.4 is 10.5 Å². The van der Waals surface area contributed by atoms with Crippen LogP contribution >= 0.6 is 0 Å². The summed E-state index contributed by atoms with van der Waals surface area (Å²) >= 11 is 0. The molecule has 1 aromatic carbocycles. The van der Waals surface area contributed by atoms with Crippen LogP contribution in [0.3, 0.4) is 0 Å². The molecule has 1 heterocycles. The van der Waals surface area contributed by atoms with E-state index in [1.54, 1.807) is 0 Å². The second kappa shape index (κ2) is 6.21. The smallest absolute Gasteiger partial charge is 0.122 e. The Hall–Kier alpha value is -1.06. The molecule has 100 valence electrons. The van der Waals surface area contributed by atoms with Crippen molar-refractivity contribution in [1.82, 2.24) is 4.90 Å². The number of para-hydroxylation sites is 1. The molecule has 2 N–H and O–H groups in total. The van der Waals surface area contributed by atoms with Crippen LogP contribution in [0.1, 0.15) is 30.7 Å². The normalized spacial score (nSPS) is 20.3. The zero-order valence-corrected chi connectivity index (χ0v) is 11.4. The first-order chi connectivity index (χ1) is 8.66. The van der Waals surface area contributed by atoms with Crippen molar-refractivity contribution in [2.45, 2.75) is 31.2 Å². The lowest BCUT2D eigenvalue weighted by molar-refractivity contribution is 0.255. The molecule has 2 rings (SSSR count). The molecule has 0 spiro atoms. The van der Waals surface area contributed by atoms with Gasteiger partial charge >= 0.3 is 0 Å². The van der Waals surface area contributed by atoms with E-state index in [-0.39, 0.29) is 6.04 Å². The molecule has 0 saturated heterocycles. The monoisotopic (exact) mass is 248 g/mol. The molecule has 0 amide bonds. The van der Waals surface area contributed by atoms with Crippen LogP contribution in [0, 0.1) is 0 Å². The Balaban J connectivity index is 1.94. The van der Waals surface area contributed by atoms with Crippen molar-refractivity contribution in [3.63, 3.8) is 0 Å². The van der Waals surface area contributed by atoms with Crippen LogP contribution in [0.15, 0.2) is 24.3 Å². The van der Waals surface area contributed by atoms with Gasteiger partial charge in [-0.1, -0.05) is 18.2 Å². The van der Waals surface area contributed by atoms with E-state index in [4.69, 9.17) is 10.5 Å². The maximum absolute atomic E-state index is 6.24. The maximum atomic E-state index is 6.24. The number of fused-ring (bicyclic) bond motifs is 1. The summed E-state index contributed by atoms with van der Waals surface area (Å²) < 4.78 is 5.68. The quantitative estimate of drug-likeness (QED) is 0.868. The molecule has 1 aliphatic rings. The molecule has 2 unspecified atom stereocenters. The van der Waals surface area contributed by atoms with E-state index in [0.717, 1.165) is 38.2 Å². The summed E-state index contributed by atoms with van der Waals surface area (Å²) in [4.78, 5) is 2.19. The van der Waals surface area contributed by atoms with Crippen molar-refractivity contribution in [2.24, 2.45) is 5.73 Å². The molecule has 3 nitrogen and oxygen atoms in total. The molecule has 1 aromatic rings. The first-order valence-electron chi connectivity index (χ1n) is 6.79. The minimum absolute atomic E-state index is 0.281. The van der Waals surface area contributed by atoms with Crippen molar-refractivity contribution in [3.8, 4) is 5.75 Å². The van der Waals surface area contributed by atoms with Gasteiger partial charge in [-0.15, -0.1) is 0 Å². The second-order valence-electron chi connectivity index (χ2n) is 5.46. The highest BCUT2D eigenvalue weighted by Crippen LogP contribution is 2.36. The minimum atomic E-state index is 0.281. The van der Waals surface area contributed by atoms with E-state index < -0.39 is 0 Å². The summed E-state index contributed by atoms with van der Waals surface area (Å²) in [5, 5.41) is 0. The third-order valence-corrected chi connectivity index (χ3v) is 3.62. The average Bonchev–Trinajstić information content (AvgIpc) is 2.37. The van der Waals surface area contributed by atoms with E-state index in [2.05, 4.69) is 37.2 Å². The van der Waals surface area contributed by atoms with Crippen LogP contribution in [0.25, 0.3) is 0 Å². The zero-order chi connectivity index (χ0) is 13.0. The molecule has 0 radical (unpaired) electrons. The Morgan fingerprint density at radius 1 is 1.39 bits per heavy atom. The second-order valence-corrected chi connectivity index (χ2v) is 5.46. The number of rotatable bonds is 5. The van der Waals surface area contributed by atoms with E-state index in [1.807, 2.05) is 6.07 Å². The van der Waals surface area contributed by atoms with Gasteiger partial charge in [0.2, 0.25) is 0 Å². The zero-order valence-electron chi connectivity index (χ0n) is 11.4. The fraction of sp³-hybridized carbons (Fsp3) is 0.600. The topological polar surface area (TPSA) is 38.5 Å². The summed E-state index contributed by atoms with van der Waals surface area (Å²) in [7, 11) is 4.19. The van der Waals surface area contributed by atoms with Gasteiger partial charge in [-0.25, -0.2) is 0 Å². The van der Waals surface area contributed by atoms with E-state index in [9.17, 15) is 0 Å². The maximum Gasteiger partial charge on any atom is 0.122 e. The predicted molar refractivity (Wildman–Crippen MR) is 75.1 cm³/mol. The van der Waals surface area contributed by atoms with Crippen molar-refractivity contribution < 1.29 is 4.74 Å². The largest absolute Gasteiger partial charge is 0.493 e. The van der Waals surface area contributed by atoms with E-state index in [1.165, 1.54) is 5.56 Å². The Labute approximate surface area is 110 Å². The standard InChI is InChI=1S/C15H24N2O/c1-17(2)9-7-13(16)11-12-8-10-18-15-6-4-3-5-14(12)15/h3-6,12-13H,7-11,16H2,1-2H3. The highest BCUT2D eigenvalue weighted by atomic mass is 16.5. The summed E-state index contributed by atoms with van der Waals surface area (Å²) in [5.41, 5.74) is 7.58. The Morgan fingerprint density at radius 3 is 2.94 bits per heavy atom. The average molecular weight is 248 g/mol. The number of hydrogen-bond donors (Lipinski definition) is 1. The number of hydrogen-bond acceptors (Lipinski definition) is 3. The molecule has 18 heavy (non-hydrogen) atoms. The van der Waals surface area contributed by atoms with Gasteiger partial charge in [-0.05, 0) is 57.5 Å². The molecule has 1 aliphatic heterocycles. The lowest BCUT2D eigenvalue weighted by Gasteiger charge is -2.28. The summed E-state index contributed by atoms with van der Waals surface area (Å²) in [6, 6.07) is 8.65. The van der Waals surface area contributed by atoms with Gasteiger partial charge in [0, 0.05) is 6.04 Å². The molecular weight excluding hydrogens is 224 g/mol. The molecule has 0 fully saturated rings. The van der Waals surface area contributed by atoms with Crippen LogP contribution in [0.4, 0.5) is 0 Å². The van der Waals surface area contributed by atoms with Gasteiger partial charge < -0.3 is 15.4 Å². The molecular formula is C15H24N2O. The fourth-order valence-corrected chi connectivity index (χ4v) is 2.57. The summed E-state index contributed by atoms with van der Waals surface area (Å²) in [6.07, 6.45) is 3.22. The van der Waals surface area contributed by atoms with Crippen molar-refractivity contribution in [3.05, 3.63) is 29.8 Å². The Kier molecular flexibility index (Phi) is 4.61. The van der Waals surface area contributed by atoms with Crippen LogP contribution in [-0.2, 0) is 0 Å². The first kappa shape index (κ1) is 13.4. The number of benzene rings is 1. The van der Waals surface area contributed by atoms with Crippen molar-refractivity contribution in [1.29, 1.82) is 0 Å². The lowest BCUT2D eigenvalue weighted by Crippen LogP contribution is -2.29. The highest BCUT2D eigenvalue weighted by molar-refractivity contribution is 5.37. The Bertz CT molecular complexity index is 379. The third-order valence-electron chi connectivity index (χ3n) is 3.62.